The minimum absolute atomic E-state index is 0.0664. The van der Waals surface area contributed by atoms with Crippen molar-refractivity contribution in [3.8, 4) is 6.07 Å². The third-order valence-corrected chi connectivity index (χ3v) is 4.22. The Balaban J connectivity index is 1.60. The van der Waals surface area contributed by atoms with Gasteiger partial charge in [0.15, 0.2) is 0 Å². The van der Waals surface area contributed by atoms with Crippen molar-refractivity contribution in [3.05, 3.63) is 23.9 Å². The Kier molecular flexibility index (Phi) is 4.42. The average molecular weight is 326 g/mol. The maximum Gasteiger partial charge on any atom is 0.270 e. The van der Waals surface area contributed by atoms with Gasteiger partial charge in [-0.2, -0.15) is 10.4 Å². The van der Waals surface area contributed by atoms with Gasteiger partial charge in [0.25, 0.3) is 5.91 Å². The van der Waals surface area contributed by atoms with E-state index in [9.17, 15) is 9.59 Å². The first-order valence-electron chi connectivity index (χ1n) is 7.83. The Morgan fingerprint density at radius 2 is 1.96 bits per heavy atom. The molecule has 0 atom stereocenters. The van der Waals surface area contributed by atoms with Gasteiger partial charge < -0.3 is 9.80 Å². The quantitative estimate of drug-likeness (QED) is 0.774. The first-order valence-corrected chi connectivity index (χ1v) is 7.83. The molecule has 0 radical (unpaired) electrons. The van der Waals surface area contributed by atoms with Gasteiger partial charge in [0.1, 0.15) is 17.6 Å². The van der Waals surface area contributed by atoms with Gasteiger partial charge in [0, 0.05) is 52.3 Å². The largest absolute Gasteiger partial charge is 0.353 e. The summed E-state index contributed by atoms with van der Waals surface area (Å²) in [7, 11) is 1.57. The number of hydrogen-bond acceptors (Lipinski definition) is 6. The number of aromatic nitrogens is 1. The van der Waals surface area contributed by atoms with Crippen LogP contribution in [0.25, 0.3) is 0 Å². The Morgan fingerprint density at radius 1 is 1.21 bits per heavy atom. The molecule has 0 spiro atoms. The zero-order valence-electron chi connectivity index (χ0n) is 13.5. The van der Waals surface area contributed by atoms with E-state index < -0.39 is 0 Å². The number of carbonyl (C=O) groups excluding carboxylic acids is 2. The number of pyridine rings is 1. The second-order valence-electron chi connectivity index (χ2n) is 5.76. The van der Waals surface area contributed by atoms with Gasteiger partial charge in [-0.15, -0.1) is 0 Å². The summed E-state index contributed by atoms with van der Waals surface area (Å²) >= 11 is 0. The van der Waals surface area contributed by atoms with Crippen molar-refractivity contribution < 1.29 is 9.59 Å². The fourth-order valence-corrected chi connectivity index (χ4v) is 2.78. The number of piperazine rings is 1. The van der Waals surface area contributed by atoms with E-state index >= 15 is 0 Å². The van der Waals surface area contributed by atoms with Crippen molar-refractivity contribution in [3.63, 3.8) is 0 Å². The number of nitrogens with zero attached hydrogens (tertiary/aromatic N) is 6. The molecule has 1 saturated heterocycles. The number of hydrogen-bond donors (Lipinski definition) is 0. The van der Waals surface area contributed by atoms with Crippen molar-refractivity contribution >= 4 is 23.3 Å². The number of nitriles is 1. The molecule has 2 amide bonds. The molecule has 124 valence electrons. The van der Waals surface area contributed by atoms with Crippen molar-refractivity contribution in [1.82, 2.24) is 14.9 Å². The first-order chi connectivity index (χ1) is 11.6. The van der Waals surface area contributed by atoms with Gasteiger partial charge >= 0.3 is 0 Å². The number of hydrazone groups is 1. The van der Waals surface area contributed by atoms with Crippen molar-refractivity contribution in [2.24, 2.45) is 5.10 Å². The molecule has 1 fully saturated rings. The second-order valence-corrected chi connectivity index (χ2v) is 5.76. The maximum atomic E-state index is 12.5. The lowest BCUT2D eigenvalue weighted by Crippen LogP contribution is -2.51. The highest BCUT2D eigenvalue weighted by molar-refractivity contribution is 6.39. The summed E-state index contributed by atoms with van der Waals surface area (Å²) in [6, 6.07) is 5.61. The lowest BCUT2D eigenvalue weighted by atomic mass is 10.1. The smallest absolute Gasteiger partial charge is 0.270 e. The van der Waals surface area contributed by atoms with Crippen molar-refractivity contribution in [2.45, 2.75) is 12.8 Å². The summed E-state index contributed by atoms with van der Waals surface area (Å²) in [5.41, 5.74) is 0.976. The molecule has 3 rings (SSSR count). The molecule has 24 heavy (non-hydrogen) atoms. The molecule has 0 N–H and O–H groups in total. The average Bonchev–Trinajstić information content (AvgIpc) is 2.63. The molecule has 0 saturated carbocycles. The van der Waals surface area contributed by atoms with Crippen LogP contribution in [0.2, 0.25) is 0 Å². The van der Waals surface area contributed by atoms with Crippen molar-refractivity contribution in [1.29, 1.82) is 5.26 Å². The monoisotopic (exact) mass is 326 g/mol. The summed E-state index contributed by atoms with van der Waals surface area (Å²) in [4.78, 5) is 32.1. The van der Waals surface area contributed by atoms with Gasteiger partial charge in [-0.05, 0) is 12.1 Å². The van der Waals surface area contributed by atoms with Crippen LogP contribution in [0.3, 0.4) is 0 Å². The van der Waals surface area contributed by atoms with Gasteiger partial charge in [-0.1, -0.05) is 0 Å². The lowest BCUT2D eigenvalue weighted by Gasteiger charge is -2.36. The Morgan fingerprint density at radius 3 is 2.54 bits per heavy atom. The van der Waals surface area contributed by atoms with Gasteiger partial charge in [0.2, 0.25) is 5.91 Å². The molecule has 1 aromatic heterocycles. The molecule has 2 aliphatic heterocycles. The van der Waals surface area contributed by atoms with Crippen molar-refractivity contribution in [2.75, 3.05) is 38.1 Å². The van der Waals surface area contributed by atoms with E-state index in [1.54, 1.807) is 24.2 Å². The molecule has 0 bridgehead atoms. The van der Waals surface area contributed by atoms with E-state index in [1.165, 1.54) is 5.01 Å². The summed E-state index contributed by atoms with van der Waals surface area (Å²) < 4.78 is 0. The zero-order chi connectivity index (χ0) is 17.1. The molecular weight excluding hydrogens is 308 g/mol. The molecule has 3 heterocycles. The number of rotatable bonds is 2. The van der Waals surface area contributed by atoms with Gasteiger partial charge in [0.05, 0.1) is 5.56 Å². The fourth-order valence-electron chi connectivity index (χ4n) is 2.78. The lowest BCUT2D eigenvalue weighted by molar-refractivity contribution is -0.130. The molecule has 0 aliphatic carbocycles. The Labute approximate surface area is 140 Å². The van der Waals surface area contributed by atoms with Crippen LogP contribution < -0.4 is 4.90 Å². The minimum Gasteiger partial charge on any atom is -0.353 e. The van der Waals surface area contributed by atoms with Crippen LogP contribution in [0.4, 0.5) is 5.82 Å². The maximum absolute atomic E-state index is 12.5. The van der Waals surface area contributed by atoms with E-state index in [0.717, 1.165) is 5.82 Å². The van der Waals surface area contributed by atoms with Crippen LogP contribution >= 0.6 is 0 Å². The molecule has 2 aliphatic rings. The summed E-state index contributed by atoms with van der Waals surface area (Å²) in [5.74, 6) is 0.645. The van der Waals surface area contributed by atoms with Crippen LogP contribution in [0.5, 0.6) is 0 Å². The Hall–Kier alpha value is -2.95. The van der Waals surface area contributed by atoms with Crippen LogP contribution in [-0.4, -0.2) is 65.6 Å². The molecule has 8 nitrogen and oxygen atoms in total. The highest BCUT2D eigenvalue weighted by Crippen LogP contribution is 2.15. The summed E-state index contributed by atoms with van der Waals surface area (Å²) in [6.45, 7) is 2.51. The SMILES string of the molecule is CN1N=C(C(=O)N2CCN(c3ccc(C#N)cn3)CC2)CCC1=O. The second kappa shape index (κ2) is 6.66. The van der Waals surface area contributed by atoms with Crippen LogP contribution in [0.15, 0.2) is 23.4 Å². The van der Waals surface area contributed by atoms with Crippen LogP contribution in [0.1, 0.15) is 18.4 Å². The molecule has 0 unspecified atom stereocenters. The fraction of sp³-hybridized carbons (Fsp3) is 0.438. The first kappa shape index (κ1) is 15.9. The normalized spacial score (nSPS) is 18.2. The van der Waals surface area contributed by atoms with Crippen LogP contribution in [0, 0.1) is 11.3 Å². The Bertz CT molecular complexity index is 713. The highest BCUT2D eigenvalue weighted by atomic mass is 16.2. The highest BCUT2D eigenvalue weighted by Gasteiger charge is 2.28. The minimum atomic E-state index is -0.0956. The van der Waals surface area contributed by atoms with E-state index in [2.05, 4.69) is 15.0 Å². The topological polar surface area (TPSA) is 92.9 Å². The molecular formula is C16H18N6O2. The molecule has 0 aromatic carbocycles. The van der Waals surface area contributed by atoms with E-state index in [1.807, 2.05) is 12.1 Å². The molecule has 1 aromatic rings. The standard InChI is InChI=1S/C16H18N6O2/c1-20-15(23)5-3-13(19-20)16(24)22-8-6-21(7-9-22)14-4-2-12(10-17)11-18-14/h2,4,11H,3,5-9H2,1H3. The molecule has 8 heteroatoms. The third-order valence-electron chi connectivity index (χ3n) is 4.22. The predicted octanol–water partition coefficient (Wildman–Crippen LogP) is 0.210. The van der Waals surface area contributed by atoms with E-state index in [-0.39, 0.29) is 11.8 Å². The van der Waals surface area contributed by atoms with Gasteiger partial charge in [-0.25, -0.2) is 9.99 Å². The number of carbonyl (C=O) groups is 2. The third kappa shape index (κ3) is 3.20. The summed E-state index contributed by atoms with van der Waals surface area (Å²) in [5, 5.41) is 14.1. The van der Waals surface area contributed by atoms with Gasteiger partial charge in [-0.3, -0.25) is 9.59 Å². The van der Waals surface area contributed by atoms with E-state index in [4.69, 9.17) is 5.26 Å². The number of amides is 2. The summed E-state index contributed by atoms with van der Waals surface area (Å²) in [6.07, 6.45) is 2.28. The predicted molar refractivity (Wildman–Crippen MR) is 87.2 cm³/mol. The zero-order valence-corrected chi connectivity index (χ0v) is 13.5. The van der Waals surface area contributed by atoms with E-state index in [0.29, 0.717) is 50.3 Å². The van der Waals surface area contributed by atoms with Crippen LogP contribution in [-0.2, 0) is 9.59 Å². The number of anilines is 1.